The Labute approximate surface area is 117 Å². The SMILES string of the molecule is CNc1ccncc1S(=O)(=O)NCc1ccnc(C)n1. The van der Waals surface area contributed by atoms with E-state index in [0.717, 1.165) is 0 Å². The predicted octanol–water partition coefficient (Wildman–Crippen LogP) is 0.700. The van der Waals surface area contributed by atoms with Gasteiger partial charge >= 0.3 is 0 Å². The summed E-state index contributed by atoms with van der Waals surface area (Å²) in [6.07, 6.45) is 4.42. The van der Waals surface area contributed by atoms with Crippen LogP contribution in [0.2, 0.25) is 0 Å². The first-order valence-corrected chi connectivity index (χ1v) is 7.41. The molecule has 2 N–H and O–H groups in total. The van der Waals surface area contributed by atoms with Crippen molar-refractivity contribution in [3.8, 4) is 0 Å². The van der Waals surface area contributed by atoms with Gasteiger partial charge in [-0.3, -0.25) is 4.98 Å². The van der Waals surface area contributed by atoms with Crippen molar-refractivity contribution in [2.75, 3.05) is 12.4 Å². The zero-order chi connectivity index (χ0) is 14.6. The van der Waals surface area contributed by atoms with Gasteiger partial charge in [-0.1, -0.05) is 0 Å². The molecule has 0 saturated carbocycles. The summed E-state index contributed by atoms with van der Waals surface area (Å²) < 4.78 is 27.0. The van der Waals surface area contributed by atoms with Crippen molar-refractivity contribution in [3.05, 3.63) is 42.2 Å². The summed E-state index contributed by atoms with van der Waals surface area (Å²) >= 11 is 0. The predicted molar refractivity (Wildman–Crippen MR) is 74.6 cm³/mol. The number of hydrogen-bond donors (Lipinski definition) is 2. The summed E-state index contributed by atoms with van der Waals surface area (Å²) in [5.74, 6) is 0.596. The van der Waals surface area contributed by atoms with E-state index < -0.39 is 10.0 Å². The third-order valence-corrected chi connectivity index (χ3v) is 4.05. The van der Waals surface area contributed by atoms with Gasteiger partial charge < -0.3 is 5.32 Å². The van der Waals surface area contributed by atoms with Crippen LogP contribution in [0.4, 0.5) is 5.69 Å². The topological polar surface area (TPSA) is 96.9 Å². The molecule has 0 aromatic carbocycles. The van der Waals surface area contributed by atoms with Crippen LogP contribution in [0.15, 0.2) is 35.6 Å². The Hall–Kier alpha value is -2.06. The fourth-order valence-electron chi connectivity index (χ4n) is 1.65. The average Bonchev–Trinajstić information content (AvgIpc) is 2.45. The molecule has 2 heterocycles. The van der Waals surface area contributed by atoms with E-state index in [0.29, 0.717) is 17.2 Å². The number of nitrogens with one attached hydrogen (secondary N) is 2. The van der Waals surface area contributed by atoms with Gasteiger partial charge in [0.05, 0.1) is 17.9 Å². The van der Waals surface area contributed by atoms with Gasteiger partial charge in [0.2, 0.25) is 10.0 Å². The number of pyridine rings is 1. The van der Waals surface area contributed by atoms with Crippen LogP contribution in [0, 0.1) is 6.92 Å². The second kappa shape index (κ2) is 5.93. The molecule has 7 nitrogen and oxygen atoms in total. The standard InChI is InChI=1S/C12H15N5O2S/c1-9-15-6-3-10(17-9)7-16-20(18,19)12-8-14-5-4-11(12)13-2/h3-6,8,16H,7H2,1-2H3,(H,13,14). The molecule has 0 fully saturated rings. The summed E-state index contributed by atoms with van der Waals surface area (Å²) in [4.78, 5) is 12.1. The lowest BCUT2D eigenvalue weighted by Crippen LogP contribution is -2.24. The van der Waals surface area contributed by atoms with Crippen molar-refractivity contribution in [1.29, 1.82) is 0 Å². The van der Waals surface area contributed by atoms with Gasteiger partial charge in [0.25, 0.3) is 0 Å². The molecule has 0 bridgehead atoms. The molecule has 106 valence electrons. The van der Waals surface area contributed by atoms with Crippen LogP contribution in [0.5, 0.6) is 0 Å². The molecule has 0 amide bonds. The summed E-state index contributed by atoms with van der Waals surface area (Å²) in [6, 6.07) is 3.27. The van der Waals surface area contributed by atoms with E-state index in [1.54, 1.807) is 32.3 Å². The van der Waals surface area contributed by atoms with Crippen LogP contribution in [0.25, 0.3) is 0 Å². The molecular formula is C12H15N5O2S. The zero-order valence-electron chi connectivity index (χ0n) is 11.2. The smallest absolute Gasteiger partial charge is 0.244 e. The minimum atomic E-state index is -3.65. The number of hydrogen-bond acceptors (Lipinski definition) is 6. The fourth-order valence-corrected chi connectivity index (χ4v) is 2.80. The van der Waals surface area contributed by atoms with Gasteiger partial charge in [-0.2, -0.15) is 0 Å². The van der Waals surface area contributed by atoms with E-state index in [9.17, 15) is 8.42 Å². The maximum absolute atomic E-state index is 12.2. The molecule has 0 spiro atoms. The van der Waals surface area contributed by atoms with Gasteiger partial charge in [0.15, 0.2) is 0 Å². The van der Waals surface area contributed by atoms with Crippen molar-refractivity contribution < 1.29 is 8.42 Å². The normalized spacial score (nSPS) is 11.3. The Kier molecular flexibility index (Phi) is 4.26. The Morgan fingerprint density at radius 2 is 2.05 bits per heavy atom. The highest BCUT2D eigenvalue weighted by atomic mass is 32.2. The molecule has 20 heavy (non-hydrogen) atoms. The molecule has 0 aliphatic carbocycles. The van der Waals surface area contributed by atoms with E-state index in [4.69, 9.17) is 0 Å². The quantitative estimate of drug-likeness (QED) is 0.842. The summed E-state index contributed by atoms with van der Waals surface area (Å²) in [5.41, 5.74) is 1.10. The maximum atomic E-state index is 12.2. The Morgan fingerprint density at radius 1 is 1.25 bits per heavy atom. The van der Waals surface area contributed by atoms with E-state index in [-0.39, 0.29) is 11.4 Å². The number of sulfonamides is 1. The van der Waals surface area contributed by atoms with Gasteiger partial charge in [0, 0.05) is 25.6 Å². The molecule has 0 radical (unpaired) electrons. The molecular weight excluding hydrogens is 278 g/mol. The zero-order valence-corrected chi connectivity index (χ0v) is 12.0. The van der Waals surface area contributed by atoms with Crippen LogP contribution < -0.4 is 10.0 Å². The summed E-state index contributed by atoms with van der Waals surface area (Å²) in [5, 5.41) is 2.82. The third-order valence-electron chi connectivity index (χ3n) is 2.62. The number of rotatable bonds is 5. The van der Waals surface area contributed by atoms with Crippen molar-refractivity contribution in [3.63, 3.8) is 0 Å². The van der Waals surface area contributed by atoms with Crippen molar-refractivity contribution >= 4 is 15.7 Å². The van der Waals surface area contributed by atoms with Crippen LogP contribution >= 0.6 is 0 Å². The highest BCUT2D eigenvalue weighted by Gasteiger charge is 2.18. The van der Waals surface area contributed by atoms with E-state index >= 15 is 0 Å². The summed E-state index contributed by atoms with van der Waals surface area (Å²) in [6.45, 7) is 1.85. The number of nitrogens with zero attached hydrogens (tertiary/aromatic N) is 3. The monoisotopic (exact) mass is 293 g/mol. The molecule has 2 aromatic rings. The van der Waals surface area contributed by atoms with Gasteiger partial charge in [0.1, 0.15) is 10.7 Å². The first-order chi connectivity index (χ1) is 9.53. The van der Waals surface area contributed by atoms with Crippen LogP contribution in [0.3, 0.4) is 0 Å². The Bertz CT molecular complexity index is 702. The first kappa shape index (κ1) is 14.4. The third kappa shape index (κ3) is 3.28. The van der Waals surface area contributed by atoms with Crippen LogP contribution in [-0.4, -0.2) is 30.4 Å². The average molecular weight is 293 g/mol. The fraction of sp³-hybridized carbons (Fsp3) is 0.250. The molecule has 2 rings (SSSR count). The van der Waals surface area contributed by atoms with Crippen LogP contribution in [0.1, 0.15) is 11.5 Å². The van der Waals surface area contributed by atoms with Crippen molar-refractivity contribution in [2.24, 2.45) is 0 Å². The second-order valence-electron chi connectivity index (χ2n) is 4.04. The molecule has 0 aliphatic rings. The highest BCUT2D eigenvalue weighted by Crippen LogP contribution is 2.18. The largest absolute Gasteiger partial charge is 0.387 e. The first-order valence-electron chi connectivity index (χ1n) is 5.93. The molecule has 2 aromatic heterocycles. The molecule has 0 unspecified atom stereocenters. The molecule has 0 atom stereocenters. The number of aromatic nitrogens is 3. The summed E-state index contributed by atoms with van der Waals surface area (Å²) in [7, 11) is -1.99. The maximum Gasteiger partial charge on any atom is 0.244 e. The van der Waals surface area contributed by atoms with Crippen LogP contribution in [-0.2, 0) is 16.6 Å². The lowest BCUT2D eigenvalue weighted by atomic mass is 10.4. The van der Waals surface area contributed by atoms with E-state index in [1.165, 1.54) is 12.4 Å². The number of anilines is 1. The highest BCUT2D eigenvalue weighted by molar-refractivity contribution is 7.89. The van der Waals surface area contributed by atoms with Gasteiger partial charge in [-0.25, -0.2) is 23.1 Å². The van der Waals surface area contributed by atoms with E-state index in [2.05, 4.69) is 25.0 Å². The van der Waals surface area contributed by atoms with Crippen molar-refractivity contribution in [1.82, 2.24) is 19.7 Å². The lowest BCUT2D eigenvalue weighted by molar-refractivity contribution is 0.580. The second-order valence-corrected chi connectivity index (χ2v) is 5.78. The van der Waals surface area contributed by atoms with Gasteiger partial charge in [-0.05, 0) is 19.1 Å². The Balaban J connectivity index is 2.19. The molecule has 8 heteroatoms. The lowest BCUT2D eigenvalue weighted by Gasteiger charge is -2.10. The molecule has 0 aliphatic heterocycles. The molecule has 0 saturated heterocycles. The Morgan fingerprint density at radius 3 is 2.75 bits per heavy atom. The van der Waals surface area contributed by atoms with Gasteiger partial charge in [-0.15, -0.1) is 0 Å². The van der Waals surface area contributed by atoms with Crippen molar-refractivity contribution in [2.45, 2.75) is 18.4 Å². The number of aryl methyl sites for hydroxylation is 1. The van der Waals surface area contributed by atoms with E-state index in [1.807, 2.05) is 0 Å². The minimum absolute atomic E-state index is 0.101. The minimum Gasteiger partial charge on any atom is -0.387 e.